The Labute approximate surface area is 138 Å². The van der Waals surface area contributed by atoms with Gasteiger partial charge < -0.3 is 15.4 Å². The van der Waals surface area contributed by atoms with Gasteiger partial charge in [0, 0.05) is 5.69 Å². The summed E-state index contributed by atoms with van der Waals surface area (Å²) in [5.41, 5.74) is 1.23. The molecule has 0 fully saturated rings. The van der Waals surface area contributed by atoms with Crippen molar-refractivity contribution in [3.63, 3.8) is 0 Å². The second kappa shape index (κ2) is 7.99. The number of nitrogens with one attached hydrogen (secondary N) is 2. The van der Waals surface area contributed by atoms with E-state index < -0.39 is 17.7 Å². The molecule has 0 heterocycles. The summed E-state index contributed by atoms with van der Waals surface area (Å²) in [6, 6.07) is 6.90. The van der Waals surface area contributed by atoms with Gasteiger partial charge in [-0.2, -0.15) is 0 Å². The zero-order valence-corrected chi connectivity index (χ0v) is 14.9. The molecule has 5 nitrogen and oxygen atoms in total. The van der Waals surface area contributed by atoms with Crippen LogP contribution < -0.4 is 10.6 Å². The van der Waals surface area contributed by atoms with E-state index in [-0.39, 0.29) is 11.8 Å². The highest BCUT2D eigenvalue weighted by Crippen LogP contribution is 2.13. The maximum atomic E-state index is 12.5. The number of alkyl carbamates (subject to hydrolysis) is 1. The van der Waals surface area contributed by atoms with Crippen LogP contribution in [-0.2, 0) is 9.53 Å². The quantitative estimate of drug-likeness (QED) is 0.865. The number of hydrogen-bond donors (Lipinski definition) is 2. The zero-order chi connectivity index (χ0) is 17.6. The van der Waals surface area contributed by atoms with Gasteiger partial charge in [0.2, 0.25) is 5.91 Å². The van der Waals surface area contributed by atoms with Crippen LogP contribution in [0.1, 0.15) is 46.6 Å². The van der Waals surface area contributed by atoms with Crippen LogP contribution in [0.5, 0.6) is 0 Å². The highest BCUT2D eigenvalue weighted by atomic mass is 16.6. The summed E-state index contributed by atoms with van der Waals surface area (Å²) in [5.74, 6) is 0.0205. The molecule has 1 atom stereocenters. The van der Waals surface area contributed by atoms with Crippen molar-refractivity contribution in [3.8, 4) is 0 Å². The Bertz CT molecular complexity index is 530. The molecule has 0 spiro atoms. The summed E-state index contributed by atoms with van der Waals surface area (Å²) in [6.07, 6.45) is -0.0427. The number of rotatable bonds is 5. The Morgan fingerprint density at radius 2 is 1.70 bits per heavy atom. The average Bonchev–Trinajstić information content (AvgIpc) is 2.38. The second-order valence-electron chi connectivity index (χ2n) is 7.18. The second-order valence-corrected chi connectivity index (χ2v) is 7.18. The Kier molecular flexibility index (Phi) is 6.61. The molecule has 0 aromatic heterocycles. The minimum Gasteiger partial charge on any atom is -0.444 e. The van der Waals surface area contributed by atoms with Crippen LogP contribution in [0.25, 0.3) is 0 Å². The smallest absolute Gasteiger partial charge is 0.408 e. The van der Waals surface area contributed by atoms with Crippen LogP contribution in [0.15, 0.2) is 24.3 Å². The number of aryl methyl sites for hydroxylation is 1. The molecule has 0 aliphatic rings. The van der Waals surface area contributed by atoms with Gasteiger partial charge >= 0.3 is 6.09 Å². The van der Waals surface area contributed by atoms with Gasteiger partial charge in [-0.25, -0.2) is 4.79 Å². The van der Waals surface area contributed by atoms with Gasteiger partial charge in [-0.05, 0) is 52.2 Å². The van der Waals surface area contributed by atoms with Crippen molar-refractivity contribution in [2.24, 2.45) is 5.92 Å². The first-order valence-electron chi connectivity index (χ1n) is 7.94. The summed E-state index contributed by atoms with van der Waals surface area (Å²) >= 11 is 0. The van der Waals surface area contributed by atoms with E-state index in [9.17, 15) is 9.59 Å². The lowest BCUT2D eigenvalue weighted by Crippen LogP contribution is -2.46. The van der Waals surface area contributed by atoms with Crippen LogP contribution in [-0.4, -0.2) is 23.6 Å². The van der Waals surface area contributed by atoms with Crippen LogP contribution in [0, 0.1) is 12.8 Å². The van der Waals surface area contributed by atoms with E-state index in [0.717, 1.165) is 5.56 Å². The fourth-order valence-electron chi connectivity index (χ4n) is 2.02. The lowest BCUT2D eigenvalue weighted by atomic mass is 10.0. The molecule has 0 saturated heterocycles. The highest BCUT2D eigenvalue weighted by Gasteiger charge is 2.25. The molecule has 2 amide bonds. The number of carbonyl (C=O) groups is 2. The summed E-state index contributed by atoms with van der Waals surface area (Å²) < 4.78 is 5.24. The fraction of sp³-hybridized carbons (Fsp3) is 0.556. The van der Waals surface area contributed by atoms with Gasteiger partial charge in [0.25, 0.3) is 0 Å². The normalized spacial score (nSPS) is 12.7. The Hall–Kier alpha value is -2.04. The molecule has 0 radical (unpaired) electrons. The van der Waals surface area contributed by atoms with Crippen molar-refractivity contribution in [2.75, 3.05) is 5.32 Å². The molecule has 5 heteroatoms. The number of anilines is 1. The highest BCUT2D eigenvalue weighted by molar-refractivity contribution is 5.96. The summed E-state index contributed by atoms with van der Waals surface area (Å²) in [4.78, 5) is 24.4. The molecule has 0 saturated carbocycles. The standard InChI is InChI=1S/C18H28N2O3/c1-12(2)11-15(20-17(22)23-18(4,5)6)16(21)19-14-9-7-13(3)8-10-14/h7-10,12,15H,11H2,1-6H3,(H,19,21)(H,20,22)/t15-/m0/s1. The minimum absolute atomic E-state index is 0.242. The molecule has 23 heavy (non-hydrogen) atoms. The van der Waals surface area contributed by atoms with Gasteiger partial charge in [0.15, 0.2) is 0 Å². The molecular formula is C18H28N2O3. The molecule has 0 aliphatic heterocycles. The van der Waals surface area contributed by atoms with Gasteiger partial charge in [-0.3, -0.25) is 4.79 Å². The summed E-state index contributed by atoms with van der Waals surface area (Å²) in [6.45, 7) is 11.4. The summed E-state index contributed by atoms with van der Waals surface area (Å²) in [5, 5.41) is 5.50. The Morgan fingerprint density at radius 1 is 1.13 bits per heavy atom. The first kappa shape index (κ1) is 19.0. The first-order chi connectivity index (χ1) is 10.6. The monoisotopic (exact) mass is 320 g/mol. The van der Waals surface area contributed by atoms with Crippen LogP contribution >= 0.6 is 0 Å². The number of ether oxygens (including phenoxy) is 1. The zero-order valence-electron chi connectivity index (χ0n) is 14.9. The number of benzene rings is 1. The van der Waals surface area contributed by atoms with E-state index in [0.29, 0.717) is 12.1 Å². The molecular weight excluding hydrogens is 292 g/mol. The maximum Gasteiger partial charge on any atom is 0.408 e. The molecule has 0 aliphatic carbocycles. The molecule has 128 valence electrons. The minimum atomic E-state index is -0.633. The molecule has 0 unspecified atom stereocenters. The van der Waals surface area contributed by atoms with Crippen molar-refractivity contribution < 1.29 is 14.3 Å². The lowest BCUT2D eigenvalue weighted by Gasteiger charge is -2.24. The fourth-order valence-corrected chi connectivity index (χ4v) is 2.02. The molecule has 2 N–H and O–H groups in total. The molecule has 0 bridgehead atoms. The van der Waals surface area contributed by atoms with Crippen LogP contribution in [0.3, 0.4) is 0 Å². The summed E-state index contributed by atoms with van der Waals surface area (Å²) in [7, 11) is 0. The van der Waals surface area contributed by atoms with Crippen LogP contribution in [0.2, 0.25) is 0 Å². The third-order valence-electron chi connectivity index (χ3n) is 3.03. The van der Waals surface area contributed by atoms with Crippen molar-refractivity contribution in [1.82, 2.24) is 5.32 Å². The molecule has 1 aromatic carbocycles. The number of amides is 2. The van der Waals surface area contributed by atoms with Gasteiger partial charge in [0.05, 0.1) is 0 Å². The SMILES string of the molecule is Cc1ccc(NC(=O)[C@H](CC(C)C)NC(=O)OC(C)(C)C)cc1. The largest absolute Gasteiger partial charge is 0.444 e. The van der Waals surface area contributed by atoms with E-state index in [1.807, 2.05) is 45.0 Å². The average molecular weight is 320 g/mol. The van der Waals surface area contributed by atoms with E-state index in [1.165, 1.54) is 0 Å². The van der Waals surface area contributed by atoms with E-state index in [1.54, 1.807) is 20.8 Å². The van der Waals surface area contributed by atoms with Crippen molar-refractivity contribution in [2.45, 2.75) is 59.6 Å². The third-order valence-corrected chi connectivity index (χ3v) is 3.03. The lowest BCUT2D eigenvalue weighted by molar-refractivity contribution is -0.118. The van der Waals surface area contributed by atoms with Crippen LogP contribution in [0.4, 0.5) is 10.5 Å². The number of hydrogen-bond acceptors (Lipinski definition) is 3. The van der Waals surface area contributed by atoms with Crippen molar-refractivity contribution in [3.05, 3.63) is 29.8 Å². The predicted octanol–water partition coefficient (Wildman–Crippen LogP) is 3.87. The Balaban J connectivity index is 2.74. The van der Waals surface area contributed by atoms with E-state index in [4.69, 9.17) is 4.74 Å². The van der Waals surface area contributed by atoms with Crippen molar-refractivity contribution in [1.29, 1.82) is 0 Å². The predicted molar refractivity (Wildman–Crippen MR) is 92.4 cm³/mol. The number of carbonyl (C=O) groups excluding carboxylic acids is 2. The maximum absolute atomic E-state index is 12.5. The topological polar surface area (TPSA) is 67.4 Å². The van der Waals surface area contributed by atoms with E-state index >= 15 is 0 Å². The van der Waals surface area contributed by atoms with Gasteiger partial charge in [-0.15, -0.1) is 0 Å². The van der Waals surface area contributed by atoms with Gasteiger partial charge in [0.1, 0.15) is 11.6 Å². The third kappa shape index (κ3) is 7.68. The molecule has 1 aromatic rings. The molecule has 1 rings (SSSR count). The first-order valence-corrected chi connectivity index (χ1v) is 7.94. The van der Waals surface area contributed by atoms with Crippen molar-refractivity contribution >= 4 is 17.7 Å². The van der Waals surface area contributed by atoms with E-state index in [2.05, 4.69) is 10.6 Å². The van der Waals surface area contributed by atoms with Gasteiger partial charge in [-0.1, -0.05) is 31.5 Å². The Morgan fingerprint density at radius 3 is 2.17 bits per heavy atom.